The molecule has 0 saturated heterocycles. The Morgan fingerprint density at radius 1 is 1.47 bits per heavy atom. The minimum Gasteiger partial charge on any atom is -0.465 e. The van der Waals surface area contributed by atoms with E-state index in [1.807, 2.05) is 0 Å². The van der Waals surface area contributed by atoms with Gasteiger partial charge >= 0.3 is 5.97 Å². The molecular weight excluding hydrogens is 288 g/mol. The SMILES string of the molecule is COC(=O)c1cccc(Br)c1C=NN=C(N)N. The van der Waals surface area contributed by atoms with Crippen LogP contribution < -0.4 is 11.5 Å². The van der Waals surface area contributed by atoms with Gasteiger partial charge in [-0.25, -0.2) is 4.79 Å². The molecule has 0 atom stereocenters. The molecule has 6 nitrogen and oxygen atoms in total. The summed E-state index contributed by atoms with van der Waals surface area (Å²) in [5.41, 5.74) is 11.2. The number of carbonyl (C=O) groups excluding carboxylic acids is 1. The Morgan fingerprint density at radius 3 is 2.76 bits per heavy atom. The Kier molecular flexibility index (Phi) is 4.65. The number of methoxy groups -OCH3 is 1. The summed E-state index contributed by atoms with van der Waals surface area (Å²) >= 11 is 3.30. The van der Waals surface area contributed by atoms with Crippen LogP contribution in [0.15, 0.2) is 32.9 Å². The van der Waals surface area contributed by atoms with Gasteiger partial charge < -0.3 is 16.2 Å². The van der Waals surface area contributed by atoms with Gasteiger partial charge in [0.15, 0.2) is 0 Å². The van der Waals surface area contributed by atoms with Crippen LogP contribution in [-0.2, 0) is 4.74 Å². The van der Waals surface area contributed by atoms with E-state index in [-0.39, 0.29) is 5.96 Å². The summed E-state index contributed by atoms with van der Waals surface area (Å²) in [4.78, 5) is 11.5. The predicted octanol–water partition coefficient (Wildman–Crippen LogP) is 0.843. The predicted molar refractivity (Wildman–Crippen MR) is 68.9 cm³/mol. The minimum atomic E-state index is -0.461. The van der Waals surface area contributed by atoms with Gasteiger partial charge in [-0.2, -0.15) is 5.10 Å². The lowest BCUT2D eigenvalue weighted by molar-refractivity contribution is 0.0600. The summed E-state index contributed by atoms with van der Waals surface area (Å²) in [7, 11) is 1.31. The molecule has 17 heavy (non-hydrogen) atoms. The summed E-state index contributed by atoms with van der Waals surface area (Å²) in [5.74, 6) is -0.620. The van der Waals surface area contributed by atoms with Crippen LogP contribution in [0.5, 0.6) is 0 Å². The third-order valence-corrected chi connectivity index (χ3v) is 2.51. The Bertz CT molecular complexity index is 481. The topological polar surface area (TPSA) is 103 Å². The van der Waals surface area contributed by atoms with Crippen LogP contribution in [0.1, 0.15) is 15.9 Å². The summed E-state index contributed by atoms with van der Waals surface area (Å²) in [6.45, 7) is 0. The lowest BCUT2D eigenvalue weighted by atomic mass is 10.1. The van der Waals surface area contributed by atoms with Gasteiger partial charge in [-0.15, -0.1) is 5.10 Å². The van der Waals surface area contributed by atoms with E-state index in [4.69, 9.17) is 11.5 Å². The average molecular weight is 299 g/mol. The van der Waals surface area contributed by atoms with Crippen molar-refractivity contribution in [2.24, 2.45) is 21.7 Å². The highest BCUT2D eigenvalue weighted by Crippen LogP contribution is 2.19. The van der Waals surface area contributed by atoms with Gasteiger partial charge in [-0.3, -0.25) is 0 Å². The standard InChI is InChI=1S/C10H11BrN4O2/c1-17-9(16)6-3-2-4-8(11)7(6)5-14-15-10(12)13/h2-5H,1H3,(H4,12,13,15). The van der Waals surface area contributed by atoms with Crippen molar-refractivity contribution in [2.45, 2.75) is 0 Å². The fourth-order valence-electron chi connectivity index (χ4n) is 1.11. The van der Waals surface area contributed by atoms with Gasteiger partial charge in [0.1, 0.15) is 0 Å². The molecule has 0 aromatic heterocycles. The van der Waals surface area contributed by atoms with Crippen molar-refractivity contribution < 1.29 is 9.53 Å². The highest BCUT2D eigenvalue weighted by molar-refractivity contribution is 9.10. The summed E-state index contributed by atoms with van der Waals surface area (Å²) < 4.78 is 5.34. The average Bonchev–Trinajstić information content (AvgIpc) is 2.29. The second-order valence-electron chi connectivity index (χ2n) is 2.96. The molecule has 0 aliphatic rings. The molecule has 90 valence electrons. The van der Waals surface area contributed by atoms with Gasteiger partial charge in [0, 0.05) is 10.0 Å². The first-order valence-electron chi connectivity index (χ1n) is 4.55. The van der Waals surface area contributed by atoms with E-state index in [1.54, 1.807) is 18.2 Å². The lowest BCUT2D eigenvalue weighted by Gasteiger charge is -2.04. The van der Waals surface area contributed by atoms with E-state index in [0.717, 1.165) is 0 Å². The third-order valence-electron chi connectivity index (χ3n) is 1.82. The fraction of sp³-hybridized carbons (Fsp3) is 0.100. The normalized spacial score (nSPS) is 10.2. The number of carbonyl (C=O) groups is 1. The summed E-state index contributed by atoms with van der Waals surface area (Å²) in [5, 5.41) is 7.11. The van der Waals surface area contributed by atoms with Gasteiger partial charge in [-0.05, 0) is 12.1 Å². The minimum absolute atomic E-state index is 0.159. The third kappa shape index (κ3) is 3.56. The molecule has 7 heteroatoms. The van der Waals surface area contributed by atoms with Crippen LogP contribution >= 0.6 is 15.9 Å². The van der Waals surface area contributed by atoms with Crippen LogP contribution in [-0.4, -0.2) is 25.3 Å². The van der Waals surface area contributed by atoms with Crippen molar-refractivity contribution in [1.82, 2.24) is 0 Å². The number of nitrogens with zero attached hydrogens (tertiary/aromatic N) is 2. The van der Waals surface area contributed by atoms with E-state index < -0.39 is 5.97 Å². The Labute approximate surface area is 106 Å². The number of hydrogen-bond acceptors (Lipinski definition) is 4. The van der Waals surface area contributed by atoms with E-state index in [1.165, 1.54) is 13.3 Å². The first-order valence-corrected chi connectivity index (χ1v) is 5.34. The molecule has 0 radical (unpaired) electrons. The maximum absolute atomic E-state index is 11.5. The van der Waals surface area contributed by atoms with Gasteiger partial charge in [-0.1, -0.05) is 22.0 Å². The monoisotopic (exact) mass is 298 g/mol. The summed E-state index contributed by atoms with van der Waals surface area (Å²) in [6, 6.07) is 5.10. The highest BCUT2D eigenvalue weighted by Gasteiger charge is 2.12. The molecule has 0 saturated carbocycles. The second kappa shape index (κ2) is 6.00. The number of ether oxygens (including phenoxy) is 1. The molecule has 0 aliphatic heterocycles. The van der Waals surface area contributed by atoms with Crippen molar-refractivity contribution in [2.75, 3.05) is 7.11 Å². The number of benzene rings is 1. The molecule has 1 rings (SSSR count). The van der Waals surface area contributed by atoms with Crippen molar-refractivity contribution in [3.05, 3.63) is 33.8 Å². The number of rotatable bonds is 3. The van der Waals surface area contributed by atoms with Gasteiger partial charge in [0.05, 0.1) is 18.9 Å². The number of halogens is 1. The zero-order valence-corrected chi connectivity index (χ0v) is 10.6. The van der Waals surface area contributed by atoms with Crippen LogP contribution in [0.4, 0.5) is 0 Å². The molecule has 0 unspecified atom stereocenters. The van der Waals surface area contributed by atoms with E-state index >= 15 is 0 Å². The zero-order valence-electron chi connectivity index (χ0n) is 9.05. The second-order valence-corrected chi connectivity index (χ2v) is 3.82. The van der Waals surface area contributed by atoms with Crippen LogP contribution in [0.25, 0.3) is 0 Å². The molecule has 0 spiro atoms. The molecule has 0 bridgehead atoms. The summed E-state index contributed by atoms with van der Waals surface area (Å²) in [6.07, 6.45) is 1.37. The first kappa shape index (κ1) is 13.2. The fourth-order valence-corrected chi connectivity index (χ4v) is 1.58. The van der Waals surface area contributed by atoms with Crippen molar-refractivity contribution in [1.29, 1.82) is 0 Å². The number of guanidine groups is 1. The van der Waals surface area contributed by atoms with Crippen LogP contribution in [0.2, 0.25) is 0 Å². The number of hydrogen-bond donors (Lipinski definition) is 2. The Morgan fingerprint density at radius 2 is 2.18 bits per heavy atom. The van der Waals surface area contributed by atoms with Crippen LogP contribution in [0.3, 0.4) is 0 Å². The number of nitrogens with two attached hydrogens (primary N) is 2. The van der Waals surface area contributed by atoms with E-state index in [0.29, 0.717) is 15.6 Å². The Balaban J connectivity index is 3.17. The molecule has 0 amide bonds. The van der Waals surface area contributed by atoms with E-state index in [2.05, 4.69) is 30.9 Å². The molecule has 1 aromatic carbocycles. The smallest absolute Gasteiger partial charge is 0.338 e. The van der Waals surface area contributed by atoms with Gasteiger partial charge in [0.2, 0.25) is 5.96 Å². The molecule has 4 N–H and O–H groups in total. The Hall–Kier alpha value is -1.89. The molecule has 1 aromatic rings. The zero-order chi connectivity index (χ0) is 12.8. The largest absolute Gasteiger partial charge is 0.465 e. The maximum Gasteiger partial charge on any atom is 0.338 e. The van der Waals surface area contributed by atoms with Crippen molar-refractivity contribution >= 4 is 34.1 Å². The maximum atomic E-state index is 11.5. The highest BCUT2D eigenvalue weighted by atomic mass is 79.9. The van der Waals surface area contributed by atoms with Crippen LogP contribution in [0, 0.1) is 0 Å². The van der Waals surface area contributed by atoms with Crippen molar-refractivity contribution in [3.8, 4) is 0 Å². The van der Waals surface area contributed by atoms with Gasteiger partial charge in [0.25, 0.3) is 0 Å². The van der Waals surface area contributed by atoms with Crippen molar-refractivity contribution in [3.63, 3.8) is 0 Å². The quantitative estimate of drug-likeness (QED) is 0.373. The van der Waals surface area contributed by atoms with E-state index in [9.17, 15) is 4.79 Å². The first-order chi connectivity index (χ1) is 8.06. The molecular formula is C10H11BrN4O2. The molecule has 0 fully saturated rings. The molecule has 0 heterocycles. The lowest BCUT2D eigenvalue weighted by Crippen LogP contribution is -2.21. The number of esters is 1. The molecule has 0 aliphatic carbocycles.